The number of carbonyl (C=O) groups excluding carboxylic acids is 1. The second-order valence-electron chi connectivity index (χ2n) is 6.79. The molecule has 1 aliphatic heterocycles. The second-order valence-corrected chi connectivity index (χ2v) is 6.79. The van der Waals surface area contributed by atoms with Gasteiger partial charge in [-0.2, -0.15) is 0 Å². The van der Waals surface area contributed by atoms with E-state index in [1.165, 1.54) is 11.1 Å². The van der Waals surface area contributed by atoms with E-state index < -0.39 is 0 Å². The Morgan fingerprint density at radius 2 is 2.08 bits per heavy atom. The minimum Gasteiger partial charge on any atom is -0.333 e. The van der Waals surface area contributed by atoms with E-state index in [4.69, 9.17) is 0 Å². The number of hydrogen-bond donors (Lipinski definition) is 1. The summed E-state index contributed by atoms with van der Waals surface area (Å²) in [5, 5.41) is 3.39. The Bertz CT molecular complexity index is 669. The number of aromatic nitrogens is 1. The van der Waals surface area contributed by atoms with Crippen molar-refractivity contribution in [2.75, 3.05) is 19.6 Å². The molecule has 1 N–H and O–H groups in total. The lowest BCUT2D eigenvalue weighted by Gasteiger charge is -2.36. The van der Waals surface area contributed by atoms with Gasteiger partial charge in [0, 0.05) is 38.4 Å². The molecule has 1 fully saturated rings. The molecule has 3 rings (SSSR count). The number of hydrogen-bond acceptors (Lipinski definition) is 3. The van der Waals surface area contributed by atoms with Crippen molar-refractivity contribution >= 4 is 5.91 Å². The maximum absolute atomic E-state index is 12.7. The average molecular weight is 337 g/mol. The van der Waals surface area contributed by atoms with Crippen LogP contribution in [0.3, 0.4) is 0 Å². The standard InChI is InChI=1S/C21H27N3O/c1-17-8-10-18(11-9-17)5-2-3-7-21(25)24-14-13-23-16-20(24)19-6-4-12-22-15-19/h4,6,8-12,15,20,23H,2-3,5,7,13-14,16H2,1H3. The van der Waals surface area contributed by atoms with Crippen LogP contribution < -0.4 is 5.32 Å². The number of unbranched alkanes of at least 4 members (excludes halogenated alkanes) is 1. The van der Waals surface area contributed by atoms with Crippen molar-refractivity contribution in [1.29, 1.82) is 0 Å². The summed E-state index contributed by atoms with van der Waals surface area (Å²) in [6.07, 6.45) is 7.31. The molecular formula is C21H27N3O. The van der Waals surface area contributed by atoms with Crippen molar-refractivity contribution in [3.8, 4) is 0 Å². The molecule has 2 heterocycles. The molecule has 1 aromatic heterocycles. The number of pyridine rings is 1. The summed E-state index contributed by atoms with van der Waals surface area (Å²) < 4.78 is 0. The van der Waals surface area contributed by atoms with Gasteiger partial charge >= 0.3 is 0 Å². The van der Waals surface area contributed by atoms with E-state index in [2.05, 4.69) is 47.6 Å². The van der Waals surface area contributed by atoms with Crippen LogP contribution in [0, 0.1) is 6.92 Å². The van der Waals surface area contributed by atoms with Crippen LogP contribution in [0.2, 0.25) is 0 Å². The van der Waals surface area contributed by atoms with Gasteiger partial charge in [0.05, 0.1) is 6.04 Å². The third kappa shape index (κ3) is 4.89. The number of benzene rings is 1. The highest BCUT2D eigenvalue weighted by molar-refractivity contribution is 5.76. The summed E-state index contributed by atoms with van der Waals surface area (Å²) >= 11 is 0. The summed E-state index contributed by atoms with van der Waals surface area (Å²) in [7, 11) is 0. The normalized spacial score (nSPS) is 17.5. The average Bonchev–Trinajstić information content (AvgIpc) is 2.67. The Labute approximate surface area is 150 Å². The zero-order valence-corrected chi connectivity index (χ0v) is 14.9. The minimum atomic E-state index is 0.104. The molecule has 0 saturated carbocycles. The fraction of sp³-hybridized carbons (Fsp3) is 0.429. The van der Waals surface area contributed by atoms with Crippen molar-refractivity contribution in [3.05, 3.63) is 65.5 Å². The van der Waals surface area contributed by atoms with E-state index in [9.17, 15) is 4.79 Å². The summed E-state index contributed by atoms with van der Waals surface area (Å²) in [5.41, 5.74) is 3.76. The Morgan fingerprint density at radius 1 is 1.24 bits per heavy atom. The molecule has 0 aliphatic carbocycles. The van der Waals surface area contributed by atoms with Gasteiger partial charge in [0.1, 0.15) is 0 Å². The van der Waals surface area contributed by atoms with Crippen molar-refractivity contribution in [3.63, 3.8) is 0 Å². The van der Waals surface area contributed by atoms with Gasteiger partial charge < -0.3 is 10.2 Å². The number of aryl methyl sites for hydroxylation is 2. The number of nitrogens with zero attached hydrogens (tertiary/aromatic N) is 2. The molecule has 0 spiro atoms. The van der Waals surface area contributed by atoms with Crippen LogP contribution in [0.1, 0.15) is 42.0 Å². The van der Waals surface area contributed by atoms with Gasteiger partial charge in [0.15, 0.2) is 0 Å². The van der Waals surface area contributed by atoms with Crippen LogP contribution in [-0.2, 0) is 11.2 Å². The number of amides is 1. The molecule has 0 radical (unpaired) electrons. The Kier molecular flexibility index (Phi) is 6.18. The molecule has 1 aromatic carbocycles. The first-order valence-corrected chi connectivity index (χ1v) is 9.20. The van der Waals surface area contributed by atoms with E-state index in [0.717, 1.165) is 44.5 Å². The predicted molar refractivity (Wildman–Crippen MR) is 100 cm³/mol. The molecule has 1 saturated heterocycles. The molecule has 1 amide bonds. The lowest BCUT2D eigenvalue weighted by Crippen LogP contribution is -2.48. The van der Waals surface area contributed by atoms with Gasteiger partial charge in [-0.05, 0) is 43.4 Å². The molecule has 4 heteroatoms. The van der Waals surface area contributed by atoms with E-state index >= 15 is 0 Å². The Hall–Kier alpha value is -2.20. The highest BCUT2D eigenvalue weighted by atomic mass is 16.2. The Balaban J connectivity index is 1.50. The summed E-state index contributed by atoms with van der Waals surface area (Å²) in [4.78, 5) is 18.9. The number of piperazine rings is 1. The van der Waals surface area contributed by atoms with Crippen LogP contribution in [0.15, 0.2) is 48.8 Å². The van der Waals surface area contributed by atoms with Crippen molar-refractivity contribution in [1.82, 2.24) is 15.2 Å². The first-order chi connectivity index (χ1) is 12.2. The van der Waals surface area contributed by atoms with Crippen LogP contribution in [0.25, 0.3) is 0 Å². The van der Waals surface area contributed by atoms with Gasteiger partial charge in [-0.1, -0.05) is 35.9 Å². The molecule has 1 aliphatic rings. The van der Waals surface area contributed by atoms with E-state index in [1.807, 2.05) is 17.2 Å². The number of carbonyl (C=O) groups is 1. The topological polar surface area (TPSA) is 45.2 Å². The van der Waals surface area contributed by atoms with Crippen molar-refractivity contribution < 1.29 is 4.79 Å². The fourth-order valence-corrected chi connectivity index (χ4v) is 3.38. The molecule has 25 heavy (non-hydrogen) atoms. The van der Waals surface area contributed by atoms with Crippen LogP contribution >= 0.6 is 0 Å². The van der Waals surface area contributed by atoms with Gasteiger partial charge in [0.25, 0.3) is 0 Å². The molecule has 2 aromatic rings. The number of rotatable bonds is 6. The van der Waals surface area contributed by atoms with Crippen molar-refractivity contribution in [2.24, 2.45) is 0 Å². The maximum Gasteiger partial charge on any atom is 0.223 e. The molecular weight excluding hydrogens is 310 g/mol. The third-order valence-electron chi connectivity index (χ3n) is 4.86. The number of nitrogens with one attached hydrogen (secondary N) is 1. The smallest absolute Gasteiger partial charge is 0.223 e. The van der Waals surface area contributed by atoms with E-state index in [0.29, 0.717) is 6.42 Å². The lowest BCUT2D eigenvalue weighted by molar-refractivity contribution is -0.134. The maximum atomic E-state index is 12.7. The minimum absolute atomic E-state index is 0.104. The van der Waals surface area contributed by atoms with Crippen LogP contribution in [-0.4, -0.2) is 35.4 Å². The monoisotopic (exact) mass is 337 g/mol. The molecule has 1 unspecified atom stereocenters. The predicted octanol–water partition coefficient (Wildman–Crippen LogP) is 3.28. The first-order valence-electron chi connectivity index (χ1n) is 9.20. The zero-order valence-electron chi connectivity index (χ0n) is 14.9. The van der Waals surface area contributed by atoms with Gasteiger partial charge in [-0.15, -0.1) is 0 Å². The summed E-state index contributed by atoms with van der Waals surface area (Å²) in [5.74, 6) is 0.263. The second kappa shape index (κ2) is 8.77. The largest absolute Gasteiger partial charge is 0.333 e. The van der Waals surface area contributed by atoms with Gasteiger partial charge in [-0.3, -0.25) is 9.78 Å². The molecule has 0 bridgehead atoms. The zero-order chi connectivity index (χ0) is 17.5. The lowest BCUT2D eigenvalue weighted by atomic mass is 10.0. The van der Waals surface area contributed by atoms with E-state index in [-0.39, 0.29) is 11.9 Å². The highest BCUT2D eigenvalue weighted by Crippen LogP contribution is 2.22. The fourth-order valence-electron chi connectivity index (χ4n) is 3.38. The van der Waals surface area contributed by atoms with Crippen LogP contribution in [0.4, 0.5) is 0 Å². The van der Waals surface area contributed by atoms with Crippen molar-refractivity contribution in [2.45, 2.75) is 38.6 Å². The molecule has 4 nitrogen and oxygen atoms in total. The quantitative estimate of drug-likeness (QED) is 0.823. The van der Waals surface area contributed by atoms with Gasteiger partial charge in [0.2, 0.25) is 5.91 Å². The summed E-state index contributed by atoms with van der Waals surface area (Å²) in [6, 6.07) is 12.8. The molecule has 1 atom stereocenters. The molecule has 132 valence electrons. The SMILES string of the molecule is Cc1ccc(CCCCC(=O)N2CCNCC2c2cccnc2)cc1. The van der Waals surface area contributed by atoms with E-state index in [1.54, 1.807) is 6.20 Å². The van der Waals surface area contributed by atoms with Gasteiger partial charge in [-0.25, -0.2) is 0 Å². The third-order valence-corrected chi connectivity index (χ3v) is 4.86. The Morgan fingerprint density at radius 3 is 2.84 bits per heavy atom. The highest BCUT2D eigenvalue weighted by Gasteiger charge is 2.27. The summed E-state index contributed by atoms with van der Waals surface area (Å²) in [6.45, 7) is 4.55. The van der Waals surface area contributed by atoms with Crippen LogP contribution in [0.5, 0.6) is 0 Å². The first kappa shape index (κ1) is 17.6.